The van der Waals surface area contributed by atoms with Crippen LogP contribution in [0.3, 0.4) is 0 Å². The Labute approximate surface area is 159 Å². The van der Waals surface area contributed by atoms with Crippen LogP contribution in [0.2, 0.25) is 0 Å². The first kappa shape index (κ1) is 16.7. The molecule has 2 saturated heterocycles. The number of nitrogens with one attached hydrogen (secondary N) is 1. The maximum atomic E-state index is 6.74. The fraction of sp³-hybridized carbons (Fsp3) is 0.182. The van der Waals surface area contributed by atoms with Crippen LogP contribution in [0, 0.1) is 0 Å². The van der Waals surface area contributed by atoms with Gasteiger partial charge in [-0.05, 0) is 16.7 Å². The van der Waals surface area contributed by atoms with Crippen LogP contribution in [0.5, 0.6) is 0 Å². The third-order valence-corrected chi connectivity index (χ3v) is 5.41. The monoisotopic (exact) mass is 358 g/mol. The van der Waals surface area contributed by atoms with Gasteiger partial charge in [0.05, 0.1) is 5.60 Å². The lowest BCUT2D eigenvalue weighted by molar-refractivity contribution is 0.0524. The summed E-state index contributed by atoms with van der Waals surface area (Å²) < 4.78 is 18.7. The Morgan fingerprint density at radius 3 is 1.70 bits per heavy atom. The smallest absolute Gasteiger partial charge is 0.462 e. The van der Waals surface area contributed by atoms with Crippen LogP contribution < -0.4 is 5.23 Å². The molecule has 0 saturated carbocycles. The number of rotatable bonds is 3. The summed E-state index contributed by atoms with van der Waals surface area (Å²) in [6.07, 6.45) is 0. The van der Waals surface area contributed by atoms with Gasteiger partial charge in [-0.25, -0.2) is 0 Å². The van der Waals surface area contributed by atoms with Crippen molar-refractivity contribution in [3.05, 3.63) is 108 Å². The first-order valence-corrected chi connectivity index (χ1v) is 9.38. The van der Waals surface area contributed by atoms with Crippen molar-refractivity contribution in [2.24, 2.45) is 0 Å². The lowest BCUT2D eigenvalue weighted by Crippen LogP contribution is -2.50. The minimum atomic E-state index is -2.02. The molecule has 0 amide bonds. The molecule has 0 aromatic heterocycles. The van der Waals surface area contributed by atoms with E-state index in [4.69, 9.17) is 14.0 Å². The SMILES string of the molecule is c1ccc([C@H]2N[B-]3(OCCO3)OC2(c2ccccc2)c2ccccc2)cc1. The summed E-state index contributed by atoms with van der Waals surface area (Å²) >= 11 is 0. The summed E-state index contributed by atoms with van der Waals surface area (Å²) in [6.45, 7) is -0.975. The lowest BCUT2D eigenvalue weighted by atomic mass is 9.78. The van der Waals surface area contributed by atoms with E-state index in [2.05, 4.69) is 41.6 Å². The molecule has 5 heteroatoms. The molecule has 4 nitrogen and oxygen atoms in total. The van der Waals surface area contributed by atoms with Crippen LogP contribution >= 0.6 is 0 Å². The van der Waals surface area contributed by atoms with Crippen molar-refractivity contribution >= 4 is 6.89 Å². The minimum Gasteiger partial charge on any atom is -0.528 e. The molecule has 1 atom stereocenters. The largest absolute Gasteiger partial charge is 0.528 e. The molecule has 3 aromatic rings. The molecule has 2 fully saturated rings. The fourth-order valence-electron chi connectivity index (χ4n) is 4.27. The van der Waals surface area contributed by atoms with Gasteiger partial charge in [0, 0.05) is 19.3 Å². The van der Waals surface area contributed by atoms with Crippen molar-refractivity contribution in [1.82, 2.24) is 5.23 Å². The van der Waals surface area contributed by atoms with Crippen molar-refractivity contribution in [2.75, 3.05) is 13.2 Å². The normalized spacial score (nSPS) is 22.9. The van der Waals surface area contributed by atoms with Crippen LogP contribution in [0.15, 0.2) is 91.0 Å². The Kier molecular flexibility index (Phi) is 4.10. The quantitative estimate of drug-likeness (QED) is 0.724. The Morgan fingerprint density at radius 2 is 1.19 bits per heavy atom. The third-order valence-electron chi connectivity index (χ3n) is 5.41. The fourth-order valence-corrected chi connectivity index (χ4v) is 4.27. The summed E-state index contributed by atoms with van der Waals surface area (Å²) in [5, 5.41) is 3.57. The van der Waals surface area contributed by atoms with Gasteiger partial charge in [-0.15, -0.1) is 0 Å². The van der Waals surface area contributed by atoms with Gasteiger partial charge < -0.3 is 19.2 Å². The highest BCUT2D eigenvalue weighted by molar-refractivity contribution is 6.59. The molecular weight excluding hydrogens is 337 g/mol. The van der Waals surface area contributed by atoms with Gasteiger partial charge in [0.1, 0.15) is 0 Å². The molecule has 136 valence electrons. The predicted molar refractivity (Wildman–Crippen MR) is 105 cm³/mol. The standard InChI is InChI=1S/C22H21BNO3/c1-4-10-18(11-5-1)21-22(19-12-6-2-7-13-19,20-14-8-3-9-15-20)27-23(24-21)25-16-17-26-23/h1-15,21,24H,16-17H2/q-1/t21-/m1/s1. The third kappa shape index (κ3) is 2.71. The molecule has 2 aliphatic heterocycles. The van der Waals surface area contributed by atoms with E-state index < -0.39 is 12.5 Å². The van der Waals surface area contributed by atoms with Crippen molar-refractivity contribution in [3.8, 4) is 0 Å². The second-order valence-electron chi connectivity index (χ2n) is 6.98. The molecule has 2 heterocycles. The Morgan fingerprint density at radius 1 is 0.704 bits per heavy atom. The van der Waals surface area contributed by atoms with Crippen LogP contribution in [0.4, 0.5) is 0 Å². The van der Waals surface area contributed by atoms with Gasteiger partial charge >= 0.3 is 6.89 Å². The van der Waals surface area contributed by atoms with Gasteiger partial charge in [0.15, 0.2) is 0 Å². The van der Waals surface area contributed by atoms with E-state index in [1.165, 1.54) is 0 Å². The molecule has 27 heavy (non-hydrogen) atoms. The second-order valence-corrected chi connectivity index (χ2v) is 6.98. The van der Waals surface area contributed by atoms with E-state index in [1.807, 2.05) is 54.6 Å². The molecular formula is C22H21BNO3-. The minimum absolute atomic E-state index is 0.151. The lowest BCUT2D eigenvalue weighted by Gasteiger charge is -2.40. The molecule has 3 aromatic carbocycles. The highest BCUT2D eigenvalue weighted by Gasteiger charge is 2.56. The van der Waals surface area contributed by atoms with Gasteiger partial charge in [-0.1, -0.05) is 91.0 Å². The van der Waals surface area contributed by atoms with Crippen molar-refractivity contribution in [1.29, 1.82) is 0 Å². The molecule has 0 bridgehead atoms. The summed E-state index contributed by atoms with van der Waals surface area (Å²) in [5.41, 5.74) is 2.50. The molecule has 0 radical (unpaired) electrons. The van der Waals surface area contributed by atoms with E-state index in [1.54, 1.807) is 0 Å². The van der Waals surface area contributed by atoms with Crippen LogP contribution in [-0.4, -0.2) is 20.1 Å². The summed E-state index contributed by atoms with van der Waals surface area (Å²) in [6, 6.07) is 30.8. The summed E-state index contributed by atoms with van der Waals surface area (Å²) in [7, 11) is 0. The summed E-state index contributed by atoms with van der Waals surface area (Å²) in [5.74, 6) is 0. The zero-order valence-electron chi connectivity index (χ0n) is 15.0. The van der Waals surface area contributed by atoms with Crippen molar-refractivity contribution in [2.45, 2.75) is 11.6 Å². The zero-order chi connectivity index (χ0) is 18.2. The van der Waals surface area contributed by atoms with Crippen LogP contribution in [-0.2, 0) is 19.6 Å². The Hall–Kier alpha value is -2.44. The number of hydrogen-bond acceptors (Lipinski definition) is 4. The molecule has 0 unspecified atom stereocenters. The molecule has 2 aliphatic rings. The molecule has 0 aliphatic carbocycles. The van der Waals surface area contributed by atoms with Gasteiger partial charge in [0.25, 0.3) is 0 Å². The Bertz CT molecular complexity index is 859. The molecule has 1 spiro atoms. The average Bonchev–Trinajstić information content (AvgIpc) is 3.35. The van der Waals surface area contributed by atoms with Gasteiger partial charge in [-0.2, -0.15) is 0 Å². The second kappa shape index (κ2) is 6.62. The Balaban J connectivity index is 1.75. The maximum Gasteiger partial charge on any atom is 0.462 e. The predicted octanol–water partition coefficient (Wildman–Crippen LogP) is 3.77. The highest BCUT2D eigenvalue weighted by atomic mass is 16.8. The van der Waals surface area contributed by atoms with E-state index in [0.29, 0.717) is 13.2 Å². The van der Waals surface area contributed by atoms with Gasteiger partial charge in [0.2, 0.25) is 0 Å². The number of benzene rings is 3. The number of hydrogen-bond donors (Lipinski definition) is 1. The van der Waals surface area contributed by atoms with Crippen LogP contribution in [0.25, 0.3) is 0 Å². The van der Waals surface area contributed by atoms with E-state index >= 15 is 0 Å². The van der Waals surface area contributed by atoms with Gasteiger partial charge in [-0.3, -0.25) is 0 Å². The first-order valence-electron chi connectivity index (χ1n) is 9.38. The molecule has 1 N–H and O–H groups in total. The van der Waals surface area contributed by atoms with E-state index in [-0.39, 0.29) is 6.04 Å². The van der Waals surface area contributed by atoms with E-state index in [0.717, 1.165) is 16.7 Å². The topological polar surface area (TPSA) is 39.7 Å². The zero-order valence-corrected chi connectivity index (χ0v) is 15.0. The van der Waals surface area contributed by atoms with Crippen LogP contribution in [0.1, 0.15) is 22.7 Å². The first-order chi connectivity index (χ1) is 13.3. The molecule has 5 rings (SSSR count). The summed E-state index contributed by atoms with van der Waals surface area (Å²) in [4.78, 5) is 0. The highest BCUT2D eigenvalue weighted by Crippen LogP contribution is 2.51. The average molecular weight is 358 g/mol. The maximum absolute atomic E-state index is 6.74. The van der Waals surface area contributed by atoms with E-state index in [9.17, 15) is 0 Å². The van der Waals surface area contributed by atoms with Crippen molar-refractivity contribution in [3.63, 3.8) is 0 Å². The van der Waals surface area contributed by atoms with Crippen molar-refractivity contribution < 1.29 is 14.0 Å².